The maximum atomic E-state index is 12.3. The minimum atomic E-state index is -4.34. The number of benzene rings is 3. The van der Waals surface area contributed by atoms with Crippen molar-refractivity contribution in [3.05, 3.63) is 163 Å². The summed E-state index contributed by atoms with van der Waals surface area (Å²) in [5, 5.41) is 0. The quantitative estimate of drug-likeness (QED) is 0.131. The monoisotopic (exact) mass is 859 g/mol. The molecular formula is C36H21F9IrN3. The molecule has 0 unspecified atom stereocenters. The fourth-order valence-electron chi connectivity index (χ4n) is 3.82. The van der Waals surface area contributed by atoms with Gasteiger partial charge in [0.25, 0.3) is 0 Å². The van der Waals surface area contributed by atoms with Crippen LogP contribution in [0.1, 0.15) is 16.7 Å². The number of hydrogen-bond donors (Lipinski definition) is 0. The van der Waals surface area contributed by atoms with E-state index in [0.29, 0.717) is 33.8 Å². The molecule has 3 nitrogen and oxygen atoms in total. The summed E-state index contributed by atoms with van der Waals surface area (Å²) in [7, 11) is 0. The van der Waals surface area contributed by atoms with Gasteiger partial charge in [-0.25, -0.2) is 0 Å². The number of aromatic nitrogens is 3. The van der Waals surface area contributed by atoms with E-state index in [1.54, 1.807) is 72.8 Å². The van der Waals surface area contributed by atoms with Crippen LogP contribution in [0.15, 0.2) is 128 Å². The number of halogens is 9. The van der Waals surface area contributed by atoms with Crippen molar-refractivity contribution in [1.82, 2.24) is 15.0 Å². The maximum absolute atomic E-state index is 12.3. The van der Waals surface area contributed by atoms with Crippen LogP contribution in [0, 0.1) is 18.2 Å². The van der Waals surface area contributed by atoms with E-state index in [1.165, 1.54) is 18.2 Å². The average molecular weight is 859 g/mol. The first-order chi connectivity index (χ1) is 22.7. The number of hydrogen-bond acceptors (Lipinski definition) is 3. The van der Waals surface area contributed by atoms with E-state index < -0.39 is 35.2 Å². The van der Waals surface area contributed by atoms with Crippen molar-refractivity contribution in [1.29, 1.82) is 0 Å². The largest absolute Gasteiger partial charge is 3.00 e. The van der Waals surface area contributed by atoms with Crippen LogP contribution in [0.5, 0.6) is 0 Å². The Morgan fingerprint density at radius 2 is 0.633 bits per heavy atom. The molecule has 0 atom stereocenters. The molecule has 0 radical (unpaired) electrons. The number of alkyl halides is 9. The van der Waals surface area contributed by atoms with Crippen molar-refractivity contribution in [2.24, 2.45) is 0 Å². The molecule has 0 amide bonds. The summed E-state index contributed by atoms with van der Waals surface area (Å²) < 4.78 is 110. The molecular weight excluding hydrogens is 838 g/mol. The zero-order valence-electron chi connectivity index (χ0n) is 24.7. The summed E-state index contributed by atoms with van der Waals surface area (Å²) >= 11 is 0. The first-order valence-electron chi connectivity index (χ1n) is 13.7. The minimum Gasteiger partial charge on any atom is -0.304 e. The van der Waals surface area contributed by atoms with Gasteiger partial charge in [0.1, 0.15) is 0 Å². The van der Waals surface area contributed by atoms with Crippen LogP contribution < -0.4 is 0 Å². The Kier molecular flexibility index (Phi) is 13.4. The van der Waals surface area contributed by atoms with E-state index in [1.807, 2.05) is 0 Å². The third-order valence-electron chi connectivity index (χ3n) is 6.23. The Morgan fingerprint density at radius 1 is 0.367 bits per heavy atom. The Balaban J connectivity index is 0.000000197. The van der Waals surface area contributed by atoms with Gasteiger partial charge in [-0.1, -0.05) is 36.4 Å². The predicted octanol–water partition coefficient (Wildman–Crippen LogP) is 10.7. The van der Waals surface area contributed by atoms with Crippen molar-refractivity contribution in [2.75, 3.05) is 0 Å². The number of rotatable bonds is 3. The summed E-state index contributed by atoms with van der Waals surface area (Å²) in [6.45, 7) is 0. The van der Waals surface area contributed by atoms with Gasteiger partial charge in [-0.15, -0.1) is 108 Å². The second-order valence-electron chi connectivity index (χ2n) is 9.62. The molecule has 3 heterocycles. The van der Waals surface area contributed by atoms with Crippen molar-refractivity contribution in [2.45, 2.75) is 18.5 Å². The van der Waals surface area contributed by atoms with Crippen molar-refractivity contribution in [3.63, 3.8) is 0 Å². The van der Waals surface area contributed by atoms with Gasteiger partial charge < -0.3 is 15.0 Å². The van der Waals surface area contributed by atoms with Crippen LogP contribution in [0.2, 0.25) is 0 Å². The van der Waals surface area contributed by atoms with E-state index in [9.17, 15) is 39.5 Å². The molecule has 0 fully saturated rings. The topological polar surface area (TPSA) is 38.7 Å². The molecule has 252 valence electrons. The molecule has 0 saturated carbocycles. The number of nitrogens with zero attached hydrogens (tertiary/aromatic N) is 3. The van der Waals surface area contributed by atoms with Crippen molar-refractivity contribution in [3.8, 4) is 33.8 Å². The van der Waals surface area contributed by atoms with Crippen molar-refractivity contribution >= 4 is 0 Å². The van der Waals surface area contributed by atoms with Crippen LogP contribution in [0.25, 0.3) is 33.8 Å². The second kappa shape index (κ2) is 17.0. The summed E-state index contributed by atoms with van der Waals surface area (Å²) in [5.41, 5.74) is 1.24. The fourth-order valence-corrected chi connectivity index (χ4v) is 3.82. The van der Waals surface area contributed by atoms with Crippen LogP contribution >= 0.6 is 0 Å². The van der Waals surface area contributed by atoms with Gasteiger partial charge in [-0.2, -0.15) is 39.5 Å². The smallest absolute Gasteiger partial charge is 0.304 e. The SMILES string of the molecule is FC(F)(F)c1ccc(-c2[c-]cccc2)nc1.FC(F)(F)c1ccc(-c2[c-]cccc2)nc1.FC(F)(F)c1ccc(-c2[c-]cccc2)nc1.[Ir+3]. The van der Waals surface area contributed by atoms with Gasteiger partial charge in [0.2, 0.25) is 0 Å². The van der Waals surface area contributed by atoms with Gasteiger partial charge in [-0.05, 0) is 17.1 Å². The molecule has 0 aliphatic rings. The summed E-state index contributed by atoms with van der Waals surface area (Å²) in [6.07, 6.45) is -10.5. The molecule has 0 N–H and O–H groups in total. The molecule has 3 aromatic carbocycles. The molecule has 0 spiro atoms. The fraction of sp³-hybridized carbons (Fsp3) is 0.0833. The van der Waals surface area contributed by atoms with Crippen LogP contribution in [0.4, 0.5) is 39.5 Å². The first-order valence-corrected chi connectivity index (χ1v) is 13.7. The predicted molar refractivity (Wildman–Crippen MR) is 161 cm³/mol. The number of pyridine rings is 3. The second-order valence-corrected chi connectivity index (χ2v) is 9.62. The Morgan fingerprint density at radius 3 is 0.796 bits per heavy atom. The molecule has 49 heavy (non-hydrogen) atoms. The average Bonchev–Trinajstić information content (AvgIpc) is 3.09. The molecule has 0 saturated heterocycles. The third kappa shape index (κ3) is 11.7. The molecule has 0 bridgehead atoms. The Bertz CT molecular complexity index is 1610. The third-order valence-corrected chi connectivity index (χ3v) is 6.23. The van der Waals surface area contributed by atoms with E-state index in [4.69, 9.17) is 0 Å². The summed E-state index contributed by atoms with van der Waals surface area (Å²) in [6, 6.07) is 36.8. The molecule has 3 aromatic heterocycles. The molecule has 0 aliphatic heterocycles. The van der Waals surface area contributed by atoms with Gasteiger partial charge in [0.15, 0.2) is 0 Å². The Hall–Kier alpha value is -4.87. The van der Waals surface area contributed by atoms with Gasteiger partial charge in [0, 0.05) is 18.6 Å². The standard InChI is InChI=1S/3C12H7F3N.Ir/c3*13-12(14,15)10-6-7-11(16-8-10)9-4-2-1-3-5-9;/h3*1-4,6-8H;/q3*-1;+3. The molecule has 13 heteroatoms. The molecule has 0 aliphatic carbocycles. The van der Waals surface area contributed by atoms with Crippen molar-refractivity contribution < 1.29 is 59.6 Å². The van der Waals surface area contributed by atoms with Gasteiger partial charge in [0.05, 0.1) is 16.7 Å². The summed E-state index contributed by atoms with van der Waals surface area (Å²) in [4.78, 5) is 11.3. The summed E-state index contributed by atoms with van der Waals surface area (Å²) in [5.74, 6) is 0. The van der Waals surface area contributed by atoms with Gasteiger partial charge >= 0.3 is 38.6 Å². The minimum absolute atomic E-state index is 0. The molecule has 6 aromatic rings. The molecule has 6 rings (SSSR count). The zero-order chi connectivity index (χ0) is 34.8. The Labute approximate surface area is 288 Å². The first kappa shape index (κ1) is 38.6. The van der Waals surface area contributed by atoms with E-state index >= 15 is 0 Å². The van der Waals surface area contributed by atoms with Crippen LogP contribution in [-0.4, -0.2) is 15.0 Å². The zero-order valence-corrected chi connectivity index (χ0v) is 27.1. The normalized spacial score (nSPS) is 11.2. The van der Waals surface area contributed by atoms with E-state index in [0.717, 1.165) is 36.8 Å². The van der Waals surface area contributed by atoms with Crippen LogP contribution in [-0.2, 0) is 38.6 Å². The maximum Gasteiger partial charge on any atom is 3.00 e. The van der Waals surface area contributed by atoms with Gasteiger partial charge in [-0.3, -0.25) is 0 Å². The van der Waals surface area contributed by atoms with E-state index in [2.05, 4.69) is 33.2 Å². The van der Waals surface area contributed by atoms with E-state index in [-0.39, 0.29) is 20.1 Å². The van der Waals surface area contributed by atoms with Crippen LogP contribution in [0.3, 0.4) is 0 Å².